The quantitative estimate of drug-likeness (QED) is 0.256. The van der Waals surface area contributed by atoms with Crippen molar-refractivity contribution in [3.63, 3.8) is 0 Å². The molecule has 4 aromatic rings. The van der Waals surface area contributed by atoms with Crippen LogP contribution in [0.5, 0.6) is 0 Å². The van der Waals surface area contributed by atoms with Gasteiger partial charge in [-0.25, -0.2) is 19.6 Å². The van der Waals surface area contributed by atoms with Gasteiger partial charge in [0.1, 0.15) is 16.9 Å². The zero-order valence-corrected chi connectivity index (χ0v) is 24.4. The maximum absolute atomic E-state index is 13.3. The third-order valence-corrected chi connectivity index (χ3v) is 6.20. The SMILES string of the molecule is CC.COC(=O)c1cccnc1F.COC(=O)c1cccnc1NC1CCCN(C(=O)c2ccccc2-n2nccn2)C1. The summed E-state index contributed by atoms with van der Waals surface area (Å²) in [5.74, 6) is -1.58. The molecule has 3 aromatic heterocycles. The number of piperidine rings is 1. The second kappa shape index (κ2) is 16.3. The Morgan fingerprint density at radius 3 is 2.12 bits per heavy atom. The molecule has 0 saturated carbocycles. The number of likely N-dealkylation sites (tertiary alicyclic amines) is 1. The van der Waals surface area contributed by atoms with Crippen LogP contribution >= 0.6 is 0 Å². The molecule has 43 heavy (non-hydrogen) atoms. The molecule has 1 aliphatic rings. The summed E-state index contributed by atoms with van der Waals surface area (Å²) in [6, 6.07) is 13.4. The largest absolute Gasteiger partial charge is 0.465 e. The van der Waals surface area contributed by atoms with E-state index < -0.39 is 17.9 Å². The molecule has 4 heterocycles. The molecular weight excluding hydrogens is 557 g/mol. The number of hydrogen-bond acceptors (Lipinski definition) is 10. The number of rotatable bonds is 6. The summed E-state index contributed by atoms with van der Waals surface area (Å²) in [6.07, 6.45) is 7.74. The molecule has 226 valence electrons. The molecule has 1 fully saturated rings. The predicted molar refractivity (Wildman–Crippen MR) is 156 cm³/mol. The maximum Gasteiger partial charge on any atom is 0.342 e. The molecule has 1 unspecified atom stereocenters. The molecule has 5 rings (SSSR count). The van der Waals surface area contributed by atoms with Crippen molar-refractivity contribution in [3.05, 3.63) is 96.0 Å². The zero-order chi connectivity index (χ0) is 31.2. The Morgan fingerprint density at radius 1 is 0.837 bits per heavy atom. The van der Waals surface area contributed by atoms with Crippen molar-refractivity contribution < 1.29 is 28.2 Å². The summed E-state index contributed by atoms with van der Waals surface area (Å²) in [5.41, 5.74) is 1.41. The maximum atomic E-state index is 13.3. The number of methoxy groups -OCH3 is 2. The highest BCUT2D eigenvalue weighted by molar-refractivity contribution is 5.98. The number of anilines is 1. The van der Waals surface area contributed by atoms with E-state index in [-0.39, 0.29) is 17.5 Å². The molecule has 1 amide bonds. The van der Waals surface area contributed by atoms with Gasteiger partial charge >= 0.3 is 11.9 Å². The summed E-state index contributed by atoms with van der Waals surface area (Å²) in [5, 5.41) is 11.6. The second-order valence-electron chi connectivity index (χ2n) is 8.79. The van der Waals surface area contributed by atoms with Gasteiger partial charge in [-0.05, 0) is 49.2 Å². The van der Waals surface area contributed by atoms with E-state index in [0.717, 1.165) is 12.8 Å². The number of amides is 1. The number of pyridine rings is 2. The van der Waals surface area contributed by atoms with E-state index in [2.05, 4.69) is 30.2 Å². The number of ether oxygens (including phenoxy) is 2. The Balaban J connectivity index is 0.000000327. The number of carbonyl (C=O) groups excluding carboxylic acids is 3. The molecule has 1 N–H and O–H groups in total. The lowest BCUT2D eigenvalue weighted by atomic mass is 10.0. The van der Waals surface area contributed by atoms with Crippen LogP contribution in [0.2, 0.25) is 0 Å². The lowest BCUT2D eigenvalue weighted by Crippen LogP contribution is -2.45. The highest BCUT2D eigenvalue weighted by Gasteiger charge is 2.27. The minimum atomic E-state index is -0.806. The number of benzene rings is 1. The van der Waals surface area contributed by atoms with Gasteiger partial charge in [0.05, 0.1) is 37.9 Å². The van der Waals surface area contributed by atoms with Gasteiger partial charge in [-0.15, -0.1) is 0 Å². The van der Waals surface area contributed by atoms with Gasteiger partial charge in [0.15, 0.2) is 0 Å². The van der Waals surface area contributed by atoms with Gasteiger partial charge < -0.3 is 19.7 Å². The van der Waals surface area contributed by atoms with Crippen LogP contribution in [0.25, 0.3) is 5.69 Å². The number of halogens is 1. The molecular formula is C30H34FN7O5. The molecule has 0 aliphatic carbocycles. The van der Waals surface area contributed by atoms with Gasteiger partial charge in [-0.2, -0.15) is 19.4 Å². The predicted octanol–water partition coefficient (Wildman–Crippen LogP) is 4.20. The number of nitrogens with one attached hydrogen (secondary N) is 1. The third kappa shape index (κ3) is 8.41. The highest BCUT2D eigenvalue weighted by Crippen LogP contribution is 2.22. The molecule has 1 aromatic carbocycles. The number of nitrogens with zero attached hydrogens (tertiary/aromatic N) is 6. The Kier molecular flexibility index (Phi) is 12.2. The molecule has 0 bridgehead atoms. The normalized spacial score (nSPS) is 13.8. The van der Waals surface area contributed by atoms with Crippen molar-refractivity contribution in [2.75, 3.05) is 32.6 Å². The van der Waals surface area contributed by atoms with Gasteiger partial charge in [-0.3, -0.25) is 4.79 Å². The van der Waals surface area contributed by atoms with Crippen LogP contribution in [0.4, 0.5) is 10.2 Å². The molecule has 12 nitrogen and oxygen atoms in total. The van der Waals surface area contributed by atoms with Gasteiger partial charge in [0, 0.05) is 31.5 Å². The smallest absolute Gasteiger partial charge is 0.342 e. The first-order valence-electron chi connectivity index (χ1n) is 13.7. The topological polar surface area (TPSA) is 141 Å². The summed E-state index contributed by atoms with van der Waals surface area (Å²) in [7, 11) is 2.53. The summed E-state index contributed by atoms with van der Waals surface area (Å²) in [4.78, 5) is 46.8. The number of carbonyl (C=O) groups is 3. The van der Waals surface area contributed by atoms with Crippen molar-refractivity contribution in [2.45, 2.75) is 32.7 Å². The first kappa shape index (κ1) is 32.3. The first-order chi connectivity index (χ1) is 20.9. The van der Waals surface area contributed by atoms with Crippen LogP contribution < -0.4 is 5.32 Å². The Morgan fingerprint density at radius 2 is 1.44 bits per heavy atom. The summed E-state index contributed by atoms with van der Waals surface area (Å²) in [6.45, 7) is 5.15. The minimum Gasteiger partial charge on any atom is -0.465 e. The zero-order valence-electron chi connectivity index (χ0n) is 24.4. The van der Waals surface area contributed by atoms with Crippen LogP contribution in [0, 0.1) is 5.95 Å². The number of esters is 2. The molecule has 13 heteroatoms. The fraction of sp³-hybridized carbons (Fsp3) is 0.300. The molecule has 0 radical (unpaired) electrons. The Hall–Kier alpha value is -5.20. The van der Waals surface area contributed by atoms with Gasteiger partial charge in [0.25, 0.3) is 5.91 Å². The molecule has 1 aliphatic heterocycles. The molecule has 1 atom stereocenters. The summed E-state index contributed by atoms with van der Waals surface area (Å²) < 4.78 is 21.7. The van der Waals surface area contributed by atoms with Crippen LogP contribution in [-0.2, 0) is 9.47 Å². The fourth-order valence-corrected chi connectivity index (χ4v) is 4.26. The van der Waals surface area contributed by atoms with E-state index in [1.54, 1.807) is 36.8 Å². The molecule has 0 spiro atoms. The highest BCUT2D eigenvalue weighted by atomic mass is 19.1. The van der Waals surface area contributed by atoms with E-state index in [4.69, 9.17) is 4.74 Å². The van der Waals surface area contributed by atoms with Crippen LogP contribution in [0.3, 0.4) is 0 Å². The van der Waals surface area contributed by atoms with Crippen molar-refractivity contribution >= 4 is 23.7 Å². The van der Waals surface area contributed by atoms with E-state index in [9.17, 15) is 18.8 Å². The van der Waals surface area contributed by atoms with E-state index in [1.165, 1.54) is 37.3 Å². The van der Waals surface area contributed by atoms with Crippen LogP contribution in [0.1, 0.15) is 57.8 Å². The molecule has 1 saturated heterocycles. The average molecular weight is 592 g/mol. The van der Waals surface area contributed by atoms with Crippen molar-refractivity contribution in [1.29, 1.82) is 0 Å². The Labute approximate surface area is 248 Å². The average Bonchev–Trinajstić information content (AvgIpc) is 3.61. The lowest BCUT2D eigenvalue weighted by molar-refractivity contribution is 0.0588. The number of hydrogen-bond donors (Lipinski definition) is 1. The van der Waals surface area contributed by atoms with Gasteiger partial charge in [0.2, 0.25) is 5.95 Å². The van der Waals surface area contributed by atoms with Crippen molar-refractivity contribution in [3.8, 4) is 5.69 Å². The van der Waals surface area contributed by atoms with Gasteiger partial charge in [-0.1, -0.05) is 26.0 Å². The fourth-order valence-electron chi connectivity index (χ4n) is 4.26. The lowest BCUT2D eigenvalue weighted by Gasteiger charge is -2.34. The van der Waals surface area contributed by atoms with Crippen molar-refractivity contribution in [2.24, 2.45) is 0 Å². The van der Waals surface area contributed by atoms with Crippen molar-refractivity contribution in [1.82, 2.24) is 29.9 Å². The number of para-hydroxylation sites is 1. The van der Waals surface area contributed by atoms with E-state index >= 15 is 0 Å². The third-order valence-electron chi connectivity index (χ3n) is 6.20. The standard InChI is InChI=1S/C21H22N6O3.C7H6FNO2.C2H6/c1-30-21(29)17-8-4-10-22-19(17)25-15-6-5-13-26(14-15)20(28)16-7-2-3-9-18(16)27-23-11-12-24-27;1-11-7(10)5-3-2-4-9-6(5)8;1-2/h2-4,7-12,15H,5-6,13-14H2,1H3,(H,22,25);2-4H,1H3;1-2H3. The Bertz CT molecular complexity index is 1500. The van der Waals surface area contributed by atoms with Crippen LogP contribution in [0.15, 0.2) is 73.3 Å². The van der Waals surface area contributed by atoms with E-state index in [0.29, 0.717) is 35.7 Å². The number of aromatic nitrogens is 5. The first-order valence-corrected chi connectivity index (χ1v) is 13.7. The second-order valence-corrected chi connectivity index (χ2v) is 8.79. The monoisotopic (exact) mass is 591 g/mol. The van der Waals surface area contributed by atoms with Crippen LogP contribution in [-0.4, -0.2) is 81.1 Å². The summed E-state index contributed by atoms with van der Waals surface area (Å²) >= 11 is 0. The minimum absolute atomic E-state index is 0.0315. The van der Waals surface area contributed by atoms with E-state index in [1.807, 2.05) is 36.9 Å².